The summed E-state index contributed by atoms with van der Waals surface area (Å²) in [5, 5.41) is 3.88. The van der Waals surface area contributed by atoms with Crippen molar-refractivity contribution in [2.45, 2.75) is 83.6 Å². The molecule has 36 heavy (non-hydrogen) atoms. The third kappa shape index (κ3) is 4.62. The Morgan fingerprint density at radius 1 is 1.14 bits per heavy atom. The van der Waals surface area contributed by atoms with Crippen molar-refractivity contribution in [2.75, 3.05) is 6.54 Å². The Morgan fingerprint density at radius 3 is 2.64 bits per heavy atom. The molecule has 2 aromatic carbocycles. The molecule has 0 bridgehead atoms. The smallest absolute Gasteiger partial charge is 0.338 e. The molecular formula is C29H34BrF3N2O. The van der Waals surface area contributed by atoms with Crippen LogP contribution >= 0.6 is 15.9 Å². The summed E-state index contributed by atoms with van der Waals surface area (Å²) in [6.07, 6.45) is -0.216. The first kappa shape index (κ1) is 25.8. The second-order valence-electron chi connectivity index (χ2n) is 11.3. The molecule has 1 fully saturated rings. The first-order valence-electron chi connectivity index (χ1n) is 13.0. The topological polar surface area (TPSA) is 32.3 Å². The van der Waals surface area contributed by atoms with Crippen LogP contribution in [0, 0.1) is 11.3 Å². The molecule has 1 heterocycles. The average Bonchev–Trinajstić information content (AvgIpc) is 3.39. The Kier molecular flexibility index (Phi) is 6.78. The summed E-state index contributed by atoms with van der Waals surface area (Å²) in [4.78, 5) is 15.8. The number of carbonyl (C=O) groups excluding carboxylic acids is 1. The Labute approximate surface area is 220 Å². The van der Waals surface area contributed by atoms with E-state index in [-0.39, 0.29) is 30.5 Å². The number of amides is 1. The van der Waals surface area contributed by atoms with E-state index in [1.807, 2.05) is 4.90 Å². The predicted molar refractivity (Wildman–Crippen MR) is 139 cm³/mol. The largest absolute Gasteiger partial charge is 0.416 e. The van der Waals surface area contributed by atoms with Gasteiger partial charge in [-0.05, 0) is 90.5 Å². The van der Waals surface area contributed by atoms with Crippen LogP contribution in [0.5, 0.6) is 0 Å². The number of nitrogens with zero attached hydrogens (tertiary/aromatic N) is 1. The summed E-state index contributed by atoms with van der Waals surface area (Å²) in [7, 11) is 0. The second-order valence-corrected chi connectivity index (χ2v) is 12.3. The second kappa shape index (κ2) is 9.46. The maximum absolute atomic E-state index is 14.0. The van der Waals surface area contributed by atoms with Crippen molar-refractivity contribution in [3.63, 3.8) is 0 Å². The van der Waals surface area contributed by atoms with Gasteiger partial charge in [0.1, 0.15) is 0 Å². The lowest BCUT2D eigenvalue weighted by atomic mass is 9.73. The highest BCUT2D eigenvalue weighted by molar-refractivity contribution is 9.10. The van der Waals surface area contributed by atoms with Gasteiger partial charge in [-0.2, -0.15) is 13.2 Å². The lowest BCUT2D eigenvalue weighted by molar-refractivity contribution is -0.145. The SMILES string of the molecule is CC(C)[C@]1(C(=O)N2CCc3ccc(C(F)(F)F)cc3C2)CC[C@@H](N[C@@H]2C[C@@H](C)c3cc(Br)ccc32)C1. The van der Waals surface area contributed by atoms with E-state index in [9.17, 15) is 18.0 Å². The van der Waals surface area contributed by atoms with E-state index < -0.39 is 17.2 Å². The van der Waals surface area contributed by atoms with Crippen LogP contribution in [0.15, 0.2) is 40.9 Å². The molecule has 1 N–H and O–H groups in total. The fraction of sp³-hybridized carbons (Fsp3) is 0.552. The molecule has 0 unspecified atom stereocenters. The van der Waals surface area contributed by atoms with Crippen LogP contribution in [0.4, 0.5) is 13.2 Å². The lowest BCUT2D eigenvalue weighted by Crippen LogP contribution is -2.48. The van der Waals surface area contributed by atoms with E-state index in [2.05, 4.69) is 60.2 Å². The van der Waals surface area contributed by atoms with Gasteiger partial charge < -0.3 is 10.2 Å². The Bertz CT molecular complexity index is 1160. The van der Waals surface area contributed by atoms with Crippen molar-refractivity contribution in [1.82, 2.24) is 10.2 Å². The average molecular weight is 564 g/mol. The zero-order valence-corrected chi connectivity index (χ0v) is 22.7. The molecule has 7 heteroatoms. The van der Waals surface area contributed by atoms with E-state index in [1.165, 1.54) is 17.2 Å². The van der Waals surface area contributed by atoms with Crippen LogP contribution in [0.2, 0.25) is 0 Å². The number of halogens is 4. The van der Waals surface area contributed by atoms with Crippen molar-refractivity contribution in [3.8, 4) is 0 Å². The Morgan fingerprint density at radius 2 is 1.92 bits per heavy atom. The molecule has 4 atom stereocenters. The van der Waals surface area contributed by atoms with Crippen LogP contribution in [0.1, 0.15) is 86.2 Å². The number of benzene rings is 2. The van der Waals surface area contributed by atoms with Crippen molar-refractivity contribution in [2.24, 2.45) is 11.3 Å². The summed E-state index contributed by atoms with van der Waals surface area (Å²) >= 11 is 3.59. The summed E-state index contributed by atoms with van der Waals surface area (Å²) in [5.41, 5.74) is 3.15. The minimum absolute atomic E-state index is 0.106. The molecule has 3 nitrogen and oxygen atoms in total. The summed E-state index contributed by atoms with van der Waals surface area (Å²) < 4.78 is 41.0. The van der Waals surface area contributed by atoms with Crippen molar-refractivity contribution in [1.29, 1.82) is 0 Å². The van der Waals surface area contributed by atoms with Gasteiger partial charge in [0.05, 0.1) is 11.0 Å². The Hall–Kier alpha value is -1.86. The minimum Gasteiger partial charge on any atom is -0.338 e. The molecule has 1 saturated carbocycles. The number of hydrogen-bond acceptors (Lipinski definition) is 2. The van der Waals surface area contributed by atoms with Crippen LogP contribution < -0.4 is 5.32 Å². The lowest BCUT2D eigenvalue weighted by Gasteiger charge is -2.40. The molecule has 0 radical (unpaired) electrons. The van der Waals surface area contributed by atoms with E-state index in [0.29, 0.717) is 24.4 Å². The molecule has 0 saturated heterocycles. The highest BCUT2D eigenvalue weighted by Crippen LogP contribution is 2.48. The molecule has 3 aliphatic rings. The first-order valence-corrected chi connectivity index (χ1v) is 13.8. The summed E-state index contributed by atoms with van der Waals surface area (Å²) in [5.74, 6) is 0.752. The molecule has 2 aliphatic carbocycles. The quantitative estimate of drug-likeness (QED) is 0.421. The molecule has 0 spiro atoms. The third-order valence-electron chi connectivity index (χ3n) is 8.90. The molecule has 0 aromatic heterocycles. The molecule has 1 amide bonds. The monoisotopic (exact) mass is 562 g/mol. The van der Waals surface area contributed by atoms with Gasteiger partial charge in [-0.15, -0.1) is 0 Å². The maximum atomic E-state index is 14.0. The van der Waals surface area contributed by atoms with E-state index >= 15 is 0 Å². The number of carbonyl (C=O) groups is 1. The normalized spacial score (nSPS) is 27.9. The molecule has 2 aromatic rings. The number of fused-ring (bicyclic) bond motifs is 2. The number of hydrogen-bond donors (Lipinski definition) is 1. The van der Waals surface area contributed by atoms with Gasteiger partial charge in [0.15, 0.2) is 0 Å². The Balaban J connectivity index is 1.32. The zero-order valence-electron chi connectivity index (χ0n) is 21.1. The third-order valence-corrected chi connectivity index (χ3v) is 9.39. The van der Waals surface area contributed by atoms with Gasteiger partial charge in [-0.1, -0.05) is 48.8 Å². The van der Waals surface area contributed by atoms with E-state index in [1.54, 1.807) is 6.07 Å². The van der Waals surface area contributed by atoms with Gasteiger partial charge in [0.25, 0.3) is 0 Å². The molecule has 1 aliphatic heterocycles. The number of nitrogens with one attached hydrogen (secondary N) is 1. The van der Waals surface area contributed by atoms with Crippen molar-refractivity contribution >= 4 is 21.8 Å². The maximum Gasteiger partial charge on any atom is 0.416 e. The van der Waals surface area contributed by atoms with Crippen LogP contribution in [0.25, 0.3) is 0 Å². The van der Waals surface area contributed by atoms with Crippen LogP contribution in [-0.4, -0.2) is 23.4 Å². The zero-order chi connectivity index (χ0) is 25.8. The van der Waals surface area contributed by atoms with E-state index in [4.69, 9.17) is 0 Å². The van der Waals surface area contributed by atoms with Gasteiger partial charge in [-0.3, -0.25) is 4.79 Å². The molecular weight excluding hydrogens is 529 g/mol. The first-order chi connectivity index (χ1) is 17.0. The molecule has 194 valence electrons. The van der Waals surface area contributed by atoms with Crippen LogP contribution in [-0.2, 0) is 23.9 Å². The molecule has 5 rings (SSSR count). The highest BCUT2D eigenvalue weighted by atomic mass is 79.9. The van der Waals surface area contributed by atoms with E-state index in [0.717, 1.165) is 41.8 Å². The standard InChI is InChI=1S/C29H34BrF3N2O/c1-17(2)28(27(36)35-11-9-19-4-5-21(29(31,32)33)13-20(19)16-35)10-8-23(15-28)34-26-12-18(3)25-14-22(30)6-7-24(25)26/h4-7,13-14,17-18,23,26,34H,8-12,15-16H2,1-3H3/t18-,23-,26-,28+/m1/s1. The number of rotatable bonds is 4. The summed E-state index contributed by atoms with van der Waals surface area (Å²) in [6.45, 7) is 7.32. The highest BCUT2D eigenvalue weighted by Gasteiger charge is 2.50. The number of alkyl halides is 3. The van der Waals surface area contributed by atoms with Crippen molar-refractivity contribution in [3.05, 3.63) is 68.7 Å². The van der Waals surface area contributed by atoms with Gasteiger partial charge in [-0.25, -0.2) is 0 Å². The van der Waals surface area contributed by atoms with Gasteiger partial charge in [0, 0.05) is 29.6 Å². The minimum atomic E-state index is -4.38. The van der Waals surface area contributed by atoms with Gasteiger partial charge in [0.2, 0.25) is 5.91 Å². The van der Waals surface area contributed by atoms with Gasteiger partial charge >= 0.3 is 6.18 Å². The fourth-order valence-electron chi connectivity index (χ4n) is 6.74. The summed E-state index contributed by atoms with van der Waals surface area (Å²) in [6, 6.07) is 11.0. The predicted octanol–water partition coefficient (Wildman–Crippen LogP) is 7.39. The van der Waals surface area contributed by atoms with Crippen molar-refractivity contribution < 1.29 is 18.0 Å². The van der Waals surface area contributed by atoms with Crippen LogP contribution in [0.3, 0.4) is 0 Å². The fourth-order valence-corrected chi connectivity index (χ4v) is 7.12.